The second-order valence-corrected chi connectivity index (χ2v) is 9.35. The number of aliphatic hydroxyl groups excluding tert-OH is 1. The van der Waals surface area contributed by atoms with Crippen LogP contribution < -0.4 is 0 Å². The van der Waals surface area contributed by atoms with Gasteiger partial charge in [-0.1, -0.05) is 66.2 Å². The molecule has 0 saturated heterocycles. The number of halogens is 2. The zero-order valence-electron chi connectivity index (χ0n) is 19.3. The maximum Gasteiger partial charge on any atom is 0.290 e. The molecule has 0 aliphatic carbocycles. The standard InChI is InChI=1S/C30H19ClFNO4/c31-20-10-13-24-19(14-20)15-25(37-24)28(34)26-27(23-7-3-5-18-4-1-2-6-22(18)23)33(30(36)29(26)35)16-17-8-11-21(32)12-9-17/h1-15,27,35H,16H2. The van der Waals surface area contributed by atoms with Gasteiger partial charge in [0.15, 0.2) is 11.5 Å². The van der Waals surface area contributed by atoms with Crippen molar-refractivity contribution >= 4 is 45.0 Å². The number of furan rings is 1. The van der Waals surface area contributed by atoms with Crippen molar-refractivity contribution in [2.45, 2.75) is 12.6 Å². The van der Waals surface area contributed by atoms with E-state index in [4.69, 9.17) is 16.0 Å². The predicted octanol–water partition coefficient (Wildman–Crippen LogP) is 7.16. The van der Waals surface area contributed by atoms with Crippen LogP contribution in [0.25, 0.3) is 21.7 Å². The quantitative estimate of drug-likeness (QED) is 0.254. The molecule has 6 rings (SSSR count). The first-order valence-electron chi connectivity index (χ1n) is 11.6. The molecule has 0 fully saturated rings. The number of benzene rings is 4. The predicted molar refractivity (Wildman–Crippen MR) is 139 cm³/mol. The van der Waals surface area contributed by atoms with E-state index >= 15 is 0 Å². The van der Waals surface area contributed by atoms with Crippen LogP contribution in [0.4, 0.5) is 4.39 Å². The fourth-order valence-electron chi connectivity index (χ4n) is 4.91. The van der Waals surface area contributed by atoms with E-state index in [9.17, 15) is 19.1 Å². The molecule has 1 aliphatic rings. The second-order valence-electron chi connectivity index (χ2n) is 8.91. The molecule has 7 heteroatoms. The van der Waals surface area contributed by atoms with Gasteiger partial charge in [-0.2, -0.15) is 0 Å². The Balaban J connectivity index is 1.51. The smallest absolute Gasteiger partial charge is 0.290 e. The summed E-state index contributed by atoms with van der Waals surface area (Å²) in [6, 6.07) is 24.6. The van der Waals surface area contributed by atoms with Crippen LogP contribution in [-0.4, -0.2) is 21.7 Å². The van der Waals surface area contributed by atoms with Crippen molar-refractivity contribution in [1.29, 1.82) is 0 Å². The molecule has 1 aliphatic heterocycles. The molecule has 0 spiro atoms. The van der Waals surface area contributed by atoms with Gasteiger partial charge in [0.1, 0.15) is 11.4 Å². The molecule has 37 heavy (non-hydrogen) atoms. The Bertz CT molecular complexity index is 1730. The summed E-state index contributed by atoms with van der Waals surface area (Å²) in [5.74, 6) is -2.34. The number of carbonyl (C=O) groups excluding carboxylic acids is 2. The fraction of sp³-hybridized carbons (Fsp3) is 0.0667. The van der Waals surface area contributed by atoms with E-state index in [0.717, 1.165) is 10.8 Å². The average molecular weight is 512 g/mol. The van der Waals surface area contributed by atoms with Crippen LogP contribution in [0.15, 0.2) is 107 Å². The van der Waals surface area contributed by atoms with Crippen molar-refractivity contribution in [3.63, 3.8) is 0 Å². The highest BCUT2D eigenvalue weighted by atomic mass is 35.5. The molecule has 5 aromatic rings. The molecule has 182 valence electrons. The third-order valence-electron chi connectivity index (χ3n) is 6.63. The molecule has 1 aromatic heterocycles. The number of aliphatic hydroxyl groups is 1. The number of nitrogens with zero attached hydrogens (tertiary/aromatic N) is 1. The number of rotatable bonds is 5. The minimum Gasteiger partial charge on any atom is -0.503 e. The normalized spacial score (nSPS) is 15.8. The van der Waals surface area contributed by atoms with E-state index in [1.807, 2.05) is 42.5 Å². The molecule has 0 saturated carbocycles. The van der Waals surface area contributed by atoms with Gasteiger partial charge in [0.05, 0.1) is 11.6 Å². The van der Waals surface area contributed by atoms with Crippen LogP contribution in [0.5, 0.6) is 0 Å². The molecular formula is C30H19ClFNO4. The van der Waals surface area contributed by atoms with E-state index < -0.39 is 29.3 Å². The number of amides is 1. The largest absolute Gasteiger partial charge is 0.503 e. The molecule has 1 unspecified atom stereocenters. The lowest BCUT2D eigenvalue weighted by Crippen LogP contribution is -2.30. The summed E-state index contributed by atoms with van der Waals surface area (Å²) in [5.41, 5.74) is 1.72. The lowest BCUT2D eigenvalue weighted by atomic mass is 9.91. The Morgan fingerprint density at radius 2 is 1.70 bits per heavy atom. The molecule has 2 heterocycles. The highest BCUT2D eigenvalue weighted by Gasteiger charge is 2.45. The van der Waals surface area contributed by atoms with Gasteiger partial charge in [0, 0.05) is 17.0 Å². The molecule has 4 aromatic carbocycles. The van der Waals surface area contributed by atoms with Gasteiger partial charge in [-0.05, 0) is 58.3 Å². The highest BCUT2D eigenvalue weighted by Crippen LogP contribution is 2.42. The van der Waals surface area contributed by atoms with Gasteiger partial charge >= 0.3 is 0 Å². The van der Waals surface area contributed by atoms with E-state index in [1.165, 1.54) is 17.0 Å². The summed E-state index contributed by atoms with van der Waals surface area (Å²) < 4.78 is 19.3. The lowest BCUT2D eigenvalue weighted by Gasteiger charge is -2.28. The maximum atomic E-state index is 13.8. The Morgan fingerprint density at radius 3 is 2.51 bits per heavy atom. The zero-order chi connectivity index (χ0) is 25.7. The molecular weight excluding hydrogens is 493 g/mol. The Kier molecular flexibility index (Phi) is 5.54. The van der Waals surface area contributed by atoms with Gasteiger partial charge in [-0.15, -0.1) is 0 Å². The van der Waals surface area contributed by atoms with Crippen molar-refractivity contribution in [2.24, 2.45) is 0 Å². The summed E-state index contributed by atoms with van der Waals surface area (Å²) in [7, 11) is 0. The van der Waals surface area contributed by atoms with Gasteiger partial charge < -0.3 is 14.4 Å². The molecule has 1 N–H and O–H groups in total. The summed E-state index contributed by atoms with van der Waals surface area (Å²) >= 11 is 6.09. The molecule has 1 atom stereocenters. The monoisotopic (exact) mass is 511 g/mol. The molecule has 5 nitrogen and oxygen atoms in total. The Hall–Kier alpha value is -4.42. The summed E-state index contributed by atoms with van der Waals surface area (Å²) in [4.78, 5) is 28.7. The number of fused-ring (bicyclic) bond motifs is 2. The van der Waals surface area contributed by atoms with Gasteiger partial charge in [0.25, 0.3) is 5.91 Å². The van der Waals surface area contributed by atoms with Crippen molar-refractivity contribution in [3.05, 3.63) is 130 Å². The first-order valence-corrected chi connectivity index (χ1v) is 12.0. The van der Waals surface area contributed by atoms with Crippen LogP contribution in [0.2, 0.25) is 5.02 Å². The second kappa shape index (κ2) is 8.91. The summed E-state index contributed by atoms with van der Waals surface area (Å²) in [6.07, 6.45) is 0. The lowest BCUT2D eigenvalue weighted by molar-refractivity contribution is -0.130. The van der Waals surface area contributed by atoms with Crippen LogP contribution in [0.1, 0.15) is 27.7 Å². The highest BCUT2D eigenvalue weighted by molar-refractivity contribution is 6.31. The Labute approximate surface area is 216 Å². The van der Waals surface area contributed by atoms with Crippen molar-refractivity contribution < 1.29 is 23.5 Å². The van der Waals surface area contributed by atoms with Crippen LogP contribution in [-0.2, 0) is 11.3 Å². The van der Waals surface area contributed by atoms with Gasteiger partial charge in [-0.25, -0.2) is 4.39 Å². The third-order valence-corrected chi connectivity index (χ3v) is 6.87. The number of ketones is 1. The topological polar surface area (TPSA) is 70.8 Å². The maximum absolute atomic E-state index is 13.8. The first kappa shape index (κ1) is 23.0. The first-order chi connectivity index (χ1) is 17.9. The van der Waals surface area contributed by atoms with Crippen molar-refractivity contribution in [3.8, 4) is 0 Å². The van der Waals surface area contributed by atoms with Crippen LogP contribution in [0, 0.1) is 5.82 Å². The minimum absolute atomic E-state index is 0.0134. The van der Waals surface area contributed by atoms with E-state index in [-0.39, 0.29) is 17.9 Å². The molecule has 1 amide bonds. The molecule has 0 bridgehead atoms. The van der Waals surface area contributed by atoms with Gasteiger partial charge in [0.2, 0.25) is 5.78 Å². The minimum atomic E-state index is -0.895. The van der Waals surface area contributed by atoms with E-state index in [0.29, 0.717) is 27.1 Å². The van der Waals surface area contributed by atoms with Gasteiger partial charge in [-0.3, -0.25) is 9.59 Å². The van der Waals surface area contributed by atoms with Crippen LogP contribution in [0.3, 0.4) is 0 Å². The zero-order valence-corrected chi connectivity index (χ0v) is 20.1. The number of hydrogen-bond acceptors (Lipinski definition) is 4. The SMILES string of the molecule is O=C(C1=C(O)C(=O)N(Cc2ccc(F)cc2)C1c1cccc2ccccc12)c1cc2cc(Cl)ccc2o1. The number of carbonyl (C=O) groups is 2. The van der Waals surface area contributed by atoms with E-state index in [1.54, 1.807) is 36.4 Å². The van der Waals surface area contributed by atoms with Crippen LogP contribution >= 0.6 is 11.6 Å². The fourth-order valence-corrected chi connectivity index (χ4v) is 5.09. The third kappa shape index (κ3) is 3.96. The summed E-state index contributed by atoms with van der Waals surface area (Å²) in [5, 5.41) is 13.9. The number of Topliss-reactive ketones (excluding diaryl/α,β-unsaturated/α-hetero) is 1. The Morgan fingerprint density at radius 1 is 0.946 bits per heavy atom. The van der Waals surface area contributed by atoms with Crippen molar-refractivity contribution in [1.82, 2.24) is 4.90 Å². The van der Waals surface area contributed by atoms with E-state index in [2.05, 4.69) is 0 Å². The average Bonchev–Trinajstić information content (AvgIpc) is 3.43. The molecule has 0 radical (unpaired) electrons. The van der Waals surface area contributed by atoms with Crippen molar-refractivity contribution in [2.75, 3.05) is 0 Å². The number of hydrogen-bond donors (Lipinski definition) is 1. The summed E-state index contributed by atoms with van der Waals surface area (Å²) in [6.45, 7) is 0.0591.